The number of thioether (sulfide) groups is 1. The van der Waals surface area contributed by atoms with Gasteiger partial charge in [-0.1, -0.05) is 42.1 Å². The van der Waals surface area contributed by atoms with Crippen molar-refractivity contribution in [2.45, 2.75) is 5.16 Å². The van der Waals surface area contributed by atoms with E-state index in [-0.39, 0.29) is 17.1 Å². The molecule has 0 radical (unpaired) electrons. The molecule has 0 aliphatic carbocycles. The SMILES string of the molecule is Cn1c(SCC(=O)c2ccc3c(c2)OCCO3)nc2sc(-c3ccccc3)cc2c1=O. The molecule has 0 saturated carbocycles. The molecule has 156 valence electrons. The molecule has 2 aromatic carbocycles. The van der Waals surface area contributed by atoms with E-state index in [9.17, 15) is 9.59 Å². The van der Waals surface area contributed by atoms with Crippen LogP contribution in [0.2, 0.25) is 0 Å². The molecule has 4 aromatic rings. The number of rotatable bonds is 5. The van der Waals surface area contributed by atoms with E-state index in [1.54, 1.807) is 25.2 Å². The van der Waals surface area contributed by atoms with Crippen LogP contribution in [0.25, 0.3) is 20.7 Å². The number of fused-ring (bicyclic) bond motifs is 2. The van der Waals surface area contributed by atoms with E-state index in [1.165, 1.54) is 27.7 Å². The predicted molar refractivity (Wildman–Crippen MR) is 123 cm³/mol. The fourth-order valence-corrected chi connectivity index (χ4v) is 5.30. The maximum Gasteiger partial charge on any atom is 0.262 e. The van der Waals surface area contributed by atoms with Crippen molar-refractivity contribution in [3.05, 3.63) is 70.5 Å². The van der Waals surface area contributed by atoms with Crippen molar-refractivity contribution in [1.29, 1.82) is 0 Å². The first-order valence-electron chi connectivity index (χ1n) is 9.72. The number of hydrogen-bond acceptors (Lipinski definition) is 7. The van der Waals surface area contributed by atoms with Gasteiger partial charge >= 0.3 is 0 Å². The van der Waals surface area contributed by atoms with Crippen molar-refractivity contribution in [1.82, 2.24) is 9.55 Å². The highest BCUT2D eigenvalue weighted by molar-refractivity contribution is 7.99. The number of aromatic nitrogens is 2. The molecule has 6 nitrogen and oxygen atoms in total. The number of hydrogen-bond donors (Lipinski definition) is 0. The van der Waals surface area contributed by atoms with Gasteiger partial charge in [0.25, 0.3) is 5.56 Å². The van der Waals surface area contributed by atoms with Crippen molar-refractivity contribution in [3.63, 3.8) is 0 Å². The second-order valence-corrected chi connectivity index (χ2v) is 9.00. The van der Waals surface area contributed by atoms with Crippen LogP contribution < -0.4 is 15.0 Å². The molecule has 3 heterocycles. The maximum absolute atomic E-state index is 12.9. The molecule has 0 N–H and O–H groups in total. The number of Topliss-reactive ketones (excluding diaryl/α,β-unsaturated/α-hetero) is 1. The monoisotopic (exact) mass is 450 g/mol. The summed E-state index contributed by atoms with van der Waals surface area (Å²) in [6.07, 6.45) is 0. The molecule has 0 spiro atoms. The summed E-state index contributed by atoms with van der Waals surface area (Å²) in [5.74, 6) is 1.34. The van der Waals surface area contributed by atoms with Gasteiger partial charge < -0.3 is 9.47 Å². The summed E-state index contributed by atoms with van der Waals surface area (Å²) in [7, 11) is 1.69. The molecular weight excluding hydrogens is 432 g/mol. The summed E-state index contributed by atoms with van der Waals surface area (Å²) >= 11 is 2.74. The van der Waals surface area contributed by atoms with Crippen LogP contribution in [-0.4, -0.2) is 34.3 Å². The lowest BCUT2D eigenvalue weighted by Gasteiger charge is -2.18. The van der Waals surface area contributed by atoms with Crippen molar-refractivity contribution in [3.8, 4) is 21.9 Å². The third kappa shape index (κ3) is 3.84. The van der Waals surface area contributed by atoms with Crippen molar-refractivity contribution < 1.29 is 14.3 Å². The van der Waals surface area contributed by atoms with E-state index < -0.39 is 0 Å². The lowest BCUT2D eigenvalue weighted by Crippen LogP contribution is -2.19. The van der Waals surface area contributed by atoms with Crippen LogP contribution in [0, 0.1) is 0 Å². The van der Waals surface area contributed by atoms with Crippen LogP contribution >= 0.6 is 23.1 Å². The second kappa shape index (κ2) is 8.20. The van der Waals surface area contributed by atoms with Crippen LogP contribution in [0.5, 0.6) is 11.5 Å². The van der Waals surface area contributed by atoms with E-state index in [4.69, 9.17) is 9.47 Å². The number of ketones is 1. The van der Waals surface area contributed by atoms with Crippen molar-refractivity contribution in [2.24, 2.45) is 7.05 Å². The van der Waals surface area contributed by atoms with E-state index in [1.807, 2.05) is 36.4 Å². The molecule has 1 aliphatic heterocycles. The number of benzene rings is 2. The fraction of sp³-hybridized carbons (Fsp3) is 0.174. The zero-order chi connectivity index (χ0) is 21.4. The molecule has 0 amide bonds. The molecule has 0 bridgehead atoms. The first-order valence-corrected chi connectivity index (χ1v) is 11.5. The quantitative estimate of drug-likeness (QED) is 0.255. The Kier molecular flexibility index (Phi) is 5.25. The second-order valence-electron chi connectivity index (χ2n) is 7.02. The number of carbonyl (C=O) groups is 1. The smallest absolute Gasteiger partial charge is 0.262 e. The Labute approximate surface area is 186 Å². The molecule has 8 heteroatoms. The van der Waals surface area contributed by atoms with E-state index in [2.05, 4.69) is 4.98 Å². The highest BCUT2D eigenvalue weighted by atomic mass is 32.2. The van der Waals surface area contributed by atoms with E-state index in [0.29, 0.717) is 45.6 Å². The highest BCUT2D eigenvalue weighted by Crippen LogP contribution is 2.33. The first-order chi connectivity index (χ1) is 15.1. The van der Waals surface area contributed by atoms with Crippen LogP contribution in [0.1, 0.15) is 10.4 Å². The van der Waals surface area contributed by atoms with Gasteiger partial charge in [-0.3, -0.25) is 14.2 Å². The average molecular weight is 451 g/mol. The molecule has 0 unspecified atom stereocenters. The molecule has 31 heavy (non-hydrogen) atoms. The zero-order valence-electron chi connectivity index (χ0n) is 16.7. The standard InChI is InChI=1S/C23H18N2O4S2/c1-25-22(27)16-12-20(14-5-3-2-4-6-14)31-21(16)24-23(25)30-13-17(26)15-7-8-18-19(11-15)29-10-9-28-18/h2-8,11-12H,9-10,13H2,1H3. The van der Waals surface area contributed by atoms with E-state index in [0.717, 1.165) is 10.4 Å². The molecule has 1 aliphatic rings. The minimum absolute atomic E-state index is 0.0625. The Morgan fingerprint density at radius 3 is 2.68 bits per heavy atom. The van der Waals surface area contributed by atoms with Gasteiger partial charge in [0, 0.05) is 17.5 Å². The normalized spacial score (nSPS) is 12.8. The molecule has 0 fully saturated rings. The molecular formula is C23H18N2O4S2. The summed E-state index contributed by atoms with van der Waals surface area (Å²) < 4.78 is 12.6. The summed E-state index contributed by atoms with van der Waals surface area (Å²) in [4.78, 5) is 31.9. The zero-order valence-corrected chi connectivity index (χ0v) is 18.3. The molecule has 0 saturated heterocycles. The Morgan fingerprint density at radius 1 is 1.10 bits per heavy atom. The topological polar surface area (TPSA) is 70.4 Å². The van der Waals surface area contributed by atoms with Crippen molar-refractivity contribution in [2.75, 3.05) is 19.0 Å². The number of ether oxygens (including phenoxy) is 2. The molecule has 5 rings (SSSR count). The average Bonchev–Trinajstić information content (AvgIpc) is 3.25. The lowest BCUT2D eigenvalue weighted by molar-refractivity contribution is 0.102. The van der Waals surface area contributed by atoms with Crippen LogP contribution in [-0.2, 0) is 7.05 Å². The predicted octanol–water partition coefficient (Wildman–Crippen LogP) is 4.41. The van der Waals surface area contributed by atoms with Gasteiger partial charge in [-0.25, -0.2) is 4.98 Å². The third-order valence-electron chi connectivity index (χ3n) is 4.99. The Bertz CT molecular complexity index is 1350. The Hall–Kier alpha value is -3.10. The summed E-state index contributed by atoms with van der Waals surface area (Å²) in [6, 6.07) is 17.0. The fourth-order valence-electron chi connectivity index (χ4n) is 3.35. The van der Waals surface area contributed by atoms with Gasteiger partial charge in [-0.15, -0.1) is 11.3 Å². The largest absolute Gasteiger partial charge is 0.486 e. The Morgan fingerprint density at radius 2 is 1.87 bits per heavy atom. The van der Waals surface area contributed by atoms with Gasteiger partial charge in [0.05, 0.1) is 11.1 Å². The van der Waals surface area contributed by atoms with Crippen LogP contribution in [0.15, 0.2) is 64.5 Å². The molecule has 0 atom stereocenters. The van der Waals surface area contributed by atoms with Gasteiger partial charge in [-0.05, 0) is 29.8 Å². The first kappa shape index (κ1) is 19.8. The summed E-state index contributed by atoms with van der Waals surface area (Å²) in [6.45, 7) is 0.976. The number of nitrogens with zero attached hydrogens (tertiary/aromatic N) is 2. The number of carbonyl (C=O) groups excluding carboxylic acids is 1. The summed E-state index contributed by atoms with van der Waals surface area (Å²) in [5, 5.41) is 1.11. The summed E-state index contributed by atoms with van der Waals surface area (Å²) in [5.41, 5.74) is 1.48. The van der Waals surface area contributed by atoms with Crippen LogP contribution in [0.4, 0.5) is 0 Å². The molecule has 2 aromatic heterocycles. The van der Waals surface area contributed by atoms with Gasteiger partial charge in [0.15, 0.2) is 22.4 Å². The van der Waals surface area contributed by atoms with Gasteiger partial charge in [0.1, 0.15) is 18.0 Å². The van der Waals surface area contributed by atoms with E-state index >= 15 is 0 Å². The minimum atomic E-state index is -0.113. The Balaban J connectivity index is 1.39. The maximum atomic E-state index is 12.9. The van der Waals surface area contributed by atoms with Gasteiger partial charge in [-0.2, -0.15) is 0 Å². The van der Waals surface area contributed by atoms with Crippen molar-refractivity contribution >= 4 is 39.1 Å². The third-order valence-corrected chi connectivity index (χ3v) is 7.09. The minimum Gasteiger partial charge on any atom is -0.486 e. The van der Waals surface area contributed by atoms with Crippen LogP contribution in [0.3, 0.4) is 0 Å². The lowest BCUT2D eigenvalue weighted by atomic mass is 10.1. The highest BCUT2D eigenvalue weighted by Gasteiger charge is 2.17. The van der Waals surface area contributed by atoms with Gasteiger partial charge in [0.2, 0.25) is 0 Å². The number of thiophene rings is 1.